The predicted molar refractivity (Wildman–Crippen MR) is 123 cm³/mol. The van der Waals surface area contributed by atoms with Gasteiger partial charge in [0.05, 0.1) is 0 Å². The standard InChI is InChI=1S/C27H26N2/c28-26-17-22(15-20-7-3-1-4-8-20)11-13-24(26)19-25-14-12-23(18-27(25)29)16-21-9-5-2-6-10-21/h1-16H,17-19,28-29H2. The van der Waals surface area contributed by atoms with E-state index >= 15 is 0 Å². The van der Waals surface area contributed by atoms with Crippen molar-refractivity contribution in [2.24, 2.45) is 11.5 Å². The first-order valence-electron chi connectivity index (χ1n) is 10.00. The summed E-state index contributed by atoms with van der Waals surface area (Å²) in [4.78, 5) is 0. The third kappa shape index (κ3) is 4.85. The molecule has 4 rings (SSSR count). The first-order chi connectivity index (χ1) is 14.2. The van der Waals surface area contributed by atoms with Gasteiger partial charge < -0.3 is 11.5 Å². The molecule has 2 aliphatic rings. The maximum absolute atomic E-state index is 6.40. The molecule has 2 nitrogen and oxygen atoms in total. The fraction of sp³-hybridized carbons (Fsp3) is 0.111. The van der Waals surface area contributed by atoms with Gasteiger partial charge in [-0.25, -0.2) is 0 Å². The fourth-order valence-corrected chi connectivity index (χ4v) is 3.69. The summed E-state index contributed by atoms with van der Waals surface area (Å²) in [6.45, 7) is 0. The zero-order chi connectivity index (χ0) is 20.1. The van der Waals surface area contributed by atoms with E-state index in [4.69, 9.17) is 11.5 Å². The zero-order valence-corrected chi connectivity index (χ0v) is 16.5. The van der Waals surface area contributed by atoms with Crippen molar-refractivity contribution in [1.29, 1.82) is 0 Å². The molecule has 2 aromatic rings. The van der Waals surface area contributed by atoms with Crippen molar-refractivity contribution in [1.82, 2.24) is 0 Å². The molecule has 0 atom stereocenters. The first-order valence-corrected chi connectivity index (χ1v) is 10.00. The summed E-state index contributed by atoms with van der Waals surface area (Å²) in [5, 5.41) is 0. The van der Waals surface area contributed by atoms with Crippen molar-refractivity contribution in [2.75, 3.05) is 0 Å². The van der Waals surface area contributed by atoms with Crippen LogP contribution < -0.4 is 11.5 Å². The van der Waals surface area contributed by atoms with E-state index in [0.29, 0.717) is 0 Å². The van der Waals surface area contributed by atoms with Crippen LogP contribution in [-0.4, -0.2) is 0 Å². The second-order valence-corrected chi connectivity index (χ2v) is 7.56. The van der Waals surface area contributed by atoms with Crippen molar-refractivity contribution in [2.45, 2.75) is 19.3 Å². The Hall–Kier alpha value is -3.52. The summed E-state index contributed by atoms with van der Waals surface area (Å²) < 4.78 is 0. The van der Waals surface area contributed by atoms with Gasteiger partial charge in [-0.05, 0) is 33.4 Å². The van der Waals surface area contributed by atoms with Crippen molar-refractivity contribution in [3.05, 3.63) is 130 Å². The van der Waals surface area contributed by atoms with Gasteiger partial charge in [-0.15, -0.1) is 0 Å². The highest BCUT2D eigenvalue weighted by Gasteiger charge is 2.14. The molecule has 0 saturated carbocycles. The van der Waals surface area contributed by atoms with Gasteiger partial charge in [0.1, 0.15) is 0 Å². The van der Waals surface area contributed by atoms with Crippen LogP contribution in [0.5, 0.6) is 0 Å². The minimum absolute atomic E-state index is 0.775. The minimum Gasteiger partial charge on any atom is -0.402 e. The highest BCUT2D eigenvalue weighted by atomic mass is 14.6. The molecule has 2 aromatic carbocycles. The fourth-order valence-electron chi connectivity index (χ4n) is 3.69. The van der Waals surface area contributed by atoms with Gasteiger partial charge in [0, 0.05) is 30.7 Å². The summed E-state index contributed by atoms with van der Waals surface area (Å²) in [7, 11) is 0. The third-order valence-corrected chi connectivity index (χ3v) is 5.30. The van der Waals surface area contributed by atoms with Gasteiger partial charge in [-0.2, -0.15) is 0 Å². The Labute approximate surface area is 172 Å². The van der Waals surface area contributed by atoms with Crippen molar-refractivity contribution < 1.29 is 0 Å². The van der Waals surface area contributed by atoms with Crippen molar-refractivity contribution in [3.63, 3.8) is 0 Å². The van der Waals surface area contributed by atoms with Crippen LogP contribution in [0.15, 0.2) is 119 Å². The van der Waals surface area contributed by atoms with E-state index in [2.05, 4.69) is 85.0 Å². The summed E-state index contributed by atoms with van der Waals surface area (Å²) in [5.41, 5.74) is 21.8. The van der Waals surface area contributed by atoms with Gasteiger partial charge in [-0.1, -0.05) is 97.1 Å². The lowest BCUT2D eigenvalue weighted by atomic mass is 9.89. The molecule has 0 fully saturated rings. The SMILES string of the molecule is NC1=C(CC2=C(N)CC(=Cc3ccccc3)C=C2)C=CC(=Cc2ccccc2)C1. The number of hydrogen-bond donors (Lipinski definition) is 2. The van der Waals surface area contributed by atoms with Crippen LogP contribution in [-0.2, 0) is 0 Å². The Morgan fingerprint density at radius 2 is 1.00 bits per heavy atom. The average Bonchev–Trinajstić information content (AvgIpc) is 2.73. The van der Waals surface area contributed by atoms with E-state index in [0.717, 1.165) is 41.8 Å². The molecule has 0 spiro atoms. The molecule has 0 saturated heterocycles. The second kappa shape index (κ2) is 8.66. The van der Waals surface area contributed by atoms with E-state index in [9.17, 15) is 0 Å². The number of nitrogens with two attached hydrogens (primary N) is 2. The normalized spacial score (nSPS) is 19.4. The maximum Gasteiger partial charge on any atom is 0.0161 e. The molecule has 0 aromatic heterocycles. The Balaban J connectivity index is 1.45. The van der Waals surface area contributed by atoms with Crippen molar-refractivity contribution >= 4 is 12.2 Å². The molecule has 144 valence electrons. The molecule has 0 radical (unpaired) electrons. The summed E-state index contributed by atoms with van der Waals surface area (Å²) in [6, 6.07) is 20.7. The van der Waals surface area contributed by atoms with Gasteiger partial charge >= 0.3 is 0 Å². The minimum atomic E-state index is 0.775. The molecule has 0 unspecified atom stereocenters. The van der Waals surface area contributed by atoms with Gasteiger partial charge in [0.15, 0.2) is 0 Å². The molecule has 0 heterocycles. The van der Waals surface area contributed by atoms with E-state index < -0.39 is 0 Å². The number of hydrogen-bond acceptors (Lipinski definition) is 2. The molecular formula is C27H26N2. The van der Waals surface area contributed by atoms with Crippen LogP contribution in [0.25, 0.3) is 12.2 Å². The first kappa shape index (κ1) is 18.8. The van der Waals surface area contributed by atoms with Crippen molar-refractivity contribution in [3.8, 4) is 0 Å². The Morgan fingerprint density at radius 3 is 1.38 bits per heavy atom. The lowest BCUT2D eigenvalue weighted by Crippen LogP contribution is -2.10. The third-order valence-electron chi connectivity index (χ3n) is 5.30. The number of allylic oxidation sites excluding steroid dienone is 8. The molecule has 2 aliphatic carbocycles. The largest absolute Gasteiger partial charge is 0.402 e. The van der Waals surface area contributed by atoms with E-state index in [-0.39, 0.29) is 0 Å². The number of benzene rings is 2. The van der Waals surface area contributed by atoms with Crippen LogP contribution in [0.2, 0.25) is 0 Å². The molecule has 0 aliphatic heterocycles. The van der Waals surface area contributed by atoms with E-state index in [1.54, 1.807) is 0 Å². The van der Waals surface area contributed by atoms with E-state index in [1.807, 2.05) is 12.1 Å². The van der Waals surface area contributed by atoms with Crippen LogP contribution >= 0.6 is 0 Å². The van der Waals surface area contributed by atoms with Gasteiger partial charge in [0.25, 0.3) is 0 Å². The molecular weight excluding hydrogens is 352 g/mol. The van der Waals surface area contributed by atoms with E-state index in [1.165, 1.54) is 22.3 Å². The smallest absolute Gasteiger partial charge is 0.0161 e. The molecule has 0 bridgehead atoms. The second-order valence-electron chi connectivity index (χ2n) is 7.56. The predicted octanol–water partition coefficient (Wildman–Crippen LogP) is 5.89. The summed E-state index contributed by atoms with van der Waals surface area (Å²) >= 11 is 0. The highest BCUT2D eigenvalue weighted by Crippen LogP contribution is 2.30. The summed E-state index contributed by atoms with van der Waals surface area (Å²) in [5.74, 6) is 0. The monoisotopic (exact) mass is 378 g/mol. The number of rotatable bonds is 4. The van der Waals surface area contributed by atoms with Crippen LogP contribution in [0.1, 0.15) is 30.4 Å². The van der Waals surface area contributed by atoms with Crippen LogP contribution in [0.4, 0.5) is 0 Å². The van der Waals surface area contributed by atoms with Gasteiger partial charge in [-0.3, -0.25) is 0 Å². The molecule has 4 N–H and O–H groups in total. The average molecular weight is 379 g/mol. The highest BCUT2D eigenvalue weighted by molar-refractivity contribution is 5.61. The molecule has 0 amide bonds. The zero-order valence-electron chi connectivity index (χ0n) is 16.5. The molecule has 29 heavy (non-hydrogen) atoms. The molecule has 2 heteroatoms. The quantitative estimate of drug-likeness (QED) is 0.697. The van der Waals surface area contributed by atoms with Crippen LogP contribution in [0, 0.1) is 0 Å². The topological polar surface area (TPSA) is 52.0 Å². The van der Waals surface area contributed by atoms with Gasteiger partial charge in [0.2, 0.25) is 0 Å². The lowest BCUT2D eigenvalue weighted by Gasteiger charge is -2.19. The Morgan fingerprint density at radius 1 is 0.586 bits per heavy atom. The Bertz CT molecular complexity index is 975. The summed E-state index contributed by atoms with van der Waals surface area (Å²) in [6.07, 6.45) is 15.3. The van der Waals surface area contributed by atoms with Crippen LogP contribution in [0.3, 0.4) is 0 Å². The lowest BCUT2D eigenvalue weighted by molar-refractivity contribution is 0.981. The maximum atomic E-state index is 6.40. The Kier molecular flexibility index (Phi) is 5.62.